The van der Waals surface area contributed by atoms with E-state index in [1.807, 2.05) is 97.2 Å². The minimum Gasteiger partial charge on any atom is -0.662 e. The van der Waals surface area contributed by atoms with Crippen LogP contribution < -0.4 is 45.6 Å². The molecule has 0 aliphatic carbocycles. The summed E-state index contributed by atoms with van der Waals surface area (Å²) in [4.78, 5) is 18.6. The van der Waals surface area contributed by atoms with E-state index < -0.39 is 61.4 Å². The summed E-state index contributed by atoms with van der Waals surface area (Å²) in [6, 6.07) is 19.8. The number of benzene rings is 3. The van der Waals surface area contributed by atoms with E-state index in [1.165, 1.54) is 25.2 Å². The number of alkyl halides is 2. The molecule has 0 spiro atoms. The van der Waals surface area contributed by atoms with E-state index in [0.717, 1.165) is 53.7 Å². The molecule has 0 bridgehead atoms. The first kappa shape index (κ1) is 81.6. The molecule has 86 heavy (non-hydrogen) atoms. The van der Waals surface area contributed by atoms with Gasteiger partial charge in [-0.2, -0.15) is 8.61 Å². The van der Waals surface area contributed by atoms with Crippen molar-refractivity contribution in [2.45, 2.75) is 131 Å². The van der Waals surface area contributed by atoms with Crippen molar-refractivity contribution in [2.24, 2.45) is 0 Å². The maximum absolute atomic E-state index is 12.8. The minimum absolute atomic E-state index is 0. The molecular weight excluding hydrogens is 1380 g/mol. The van der Waals surface area contributed by atoms with Crippen molar-refractivity contribution in [3.8, 4) is 0 Å². The van der Waals surface area contributed by atoms with Gasteiger partial charge in [0.1, 0.15) is 0 Å². The summed E-state index contributed by atoms with van der Waals surface area (Å²) in [7, 11) is -0.536. The van der Waals surface area contributed by atoms with Gasteiger partial charge in [0, 0.05) is 98.2 Å². The number of likely N-dealkylation sites (N-methyl/N-ethyl adjacent to an activating group) is 3. The van der Waals surface area contributed by atoms with Gasteiger partial charge < -0.3 is 58.1 Å². The summed E-state index contributed by atoms with van der Waals surface area (Å²) >= 11 is 16.0. The van der Waals surface area contributed by atoms with Crippen LogP contribution in [0.25, 0.3) is 0 Å². The molecule has 6 aliphatic heterocycles. The van der Waals surface area contributed by atoms with Crippen molar-refractivity contribution >= 4 is 128 Å². The van der Waals surface area contributed by atoms with Gasteiger partial charge in [-0.05, 0) is 170 Å². The number of hydrogen-bond acceptors (Lipinski definition) is 19. The Bertz CT molecular complexity index is 2800. The molecule has 33 heteroatoms. The van der Waals surface area contributed by atoms with Crippen LogP contribution in [0, 0.1) is 0 Å². The first-order valence-electron chi connectivity index (χ1n) is 27.4. The third-order valence-electron chi connectivity index (χ3n) is 15.7. The van der Waals surface area contributed by atoms with Crippen molar-refractivity contribution in [2.75, 3.05) is 105 Å². The predicted molar refractivity (Wildman–Crippen MR) is 342 cm³/mol. The minimum atomic E-state index is -3.57. The number of rotatable bonds is 8. The summed E-state index contributed by atoms with van der Waals surface area (Å²) in [6.07, 6.45) is 0. The zero-order chi connectivity index (χ0) is 64.6. The Morgan fingerprint density at radius 3 is 1.02 bits per heavy atom. The molecule has 0 aromatic heterocycles. The van der Waals surface area contributed by atoms with Gasteiger partial charge in [0.15, 0.2) is 0 Å². The molecule has 6 aliphatic rings. The molecule has 6 saturated heterocycles. The summed E-state index contributed by atoms with van der Waals surface area (Å²) in [5, 5.41) is 11.9. The molecule has 21 nitrogen and oxygen atoms in total. The first-order chi connectivity index (χ1) is 39.1. The second kappa shape index (κ2) is 35.1. The maximum Gasteiger partial charge on any atom is 1.00 e. The van der Waals surface area contributed by atoms with Crippen molar-refractivity contribution in [3.05, 3.63) is 81.7 Å². The average molecular weight is 1460 g/mol. The normalized spacial score (nSPS) is 21.7. The van der Waals surface area contributed by atoms with Crippen LogP contribution in [0.2, 0.25) is 0 Å². The number of nitrogens with one attached hydrogen (secondary N) is 1. The van der Waals surface area contributed by atoms with Gasteiger partial charge in [-0.1, -0.05) is 44.0 Å². The zero-order valence-electron chi connectivity index (χ0n) is 52.4. The number of piperazine rings is 3. The van der Waals surface area contributed by atoms with Crippen molar-refractivity contribution in [3.63, 3.8) is 0 Å². The quantitative estimate of drug-likeness (QED) is 0.0851. The second-order valence-electron chi connectivity index (χ2n) is 23.5. The average Bonchev–Trinajstić information content (AvgIpc) is 1.90. The second-order valence-corrected chi connectivity index (χ2v) is 32.6. The summed E-state index contributed by atoms with van der Waals surface area (Å²) < 4.78 is 112. The molecule has 1 N–H and O–H groups in total. The van der Waals surface area contributed by atoms with Crippen molar-refractivity contribution < 1.29 is 97.7 Å². The fourth-order valence-electron chi connectivity index (χ4n) is 8.11. The van der Waals surface area contributed by atoms with E-state index in [4.69, 9.17) is 71.9 Å². The number of carbonyl (C=O) groups is 1. The molecule has 3 aromatic carbocycles. The molecule has 6 heterocycles. The van der Waals surface area contributed by atoms with Crippen molar-refractivity contribution in [1.82, 2.24) is 28.6 Å². The van der Waals surface area contributed by atoms with Crippen LogP contribution in [0.4, 0.5) is 0 Å². The van der Waals surface area contributed by atoms with E-state index in [0.29, 0.717) is 36.0 Å². The van der Waals surface area contributed by atoms with E-state index in [1.54, 1.807) is 69.3 Å². The fraction of sp³-hybridized carbons (Fsp3) is 0.642. The number of nitrogens with zero attached hydrogens (tertiary/aromatic N) is 5. The van der Waals surface area contributed by atoms with Crippen LogP contribution in [0.15, 0.2) is 96.4 Å². The smallest absolute Gasteiger partial charge is 0.662 e. The van der Waals surface area contributed by atoms with Crippen LogP contribution in [0.1, 0.15) is 83.1 Å². The third-order valence-corrected chi connectivity index (χ3v) is 21.9. The molecule has 0 atom stereocenters. The molecular formula is C53H85B3Br2Cl3N6NaO15S3. The van der Waals surface area contributed by atoms with Crippen LogP contribution >= 0.6 is 65.7 Å². The van der Waals surface area contributed by atoms with Gasteiger partial charge in [-0.25, -0.2) is 25.3 Å². The van der Waals surface area contributed by atoms with E-state index in [2.05, 4.69) is 63.8 Å². The van der Waals surface area contributed by atoms with Crippen LogP contribution in [0.3, 0.4) is 0 Å². The molecule has 0 amide bonds. The number of halogens is 5. The van der Waals surface area contributed by atoms with Gasteiger partial charge in [0.25, 0.3) is 15.5 Å². The monoisotopic (exact) mass is 1460 g/mol. The number of sulfonamides is 2. The summed E-state index contributed by atoms with van der Waals surface area (Å²) in [6.45, 7) is 34.0. The van der Waals surface area contributed by atoms with E-state index in [-0.39, 0.29) is 68.7 Å². The number of hydrogen-bond donors (Lipinski definition) is 1. The molecule has 3 aromatic rings. The maximum atomic E-state index is 12.8. The molecule has 9 rings (SSSR count). The van der Waals surface area contributed by atoms with Gasteiger partial charge in [-0.15, -0.1) is 23.2 Å². The Morgan fingerprint density at radius 2 is 0.767 bits per heavy atom. The zero-order valence-corrected chi connectivity index (χ0v) is 62.3. The van der Waals surface area contributed by atoms with Crippen LogP contribution in [0.5, 0.6) is 0 Å². The molecule has 6 fully saturated rings. The van der Waals surface area contributed by atoms with Crippen LogP contribution in [-0.2, 0) is 66.7 Å². The van der Waals surface area contributed by atoms with Gasteiger partial charge >= 0.3 is 50.7 Å². The molecule has 0 radical (unpaired) electrons. The molecule has 480 valence electrons. The molecule has 0 unspecified atom stereocenters. The summed E-state index contributed by atoms with van der Waals surface area (Å²) in [5.41, 5.74) is -1.44. The molecule has 0 saturated carbocycles. The predicted octanol–water partition coefficient (Wildman–Crippen LogP) is 3.31. The topological polar surface area (TPSA) is 235 Å². The van der Waals surface area contributed by atoms with Gasteiger partial charge in [0.2, 0.25) is 20.0 Å². The standard InChI is InChI=1S/C17H27BN2O4S.C12H24B2O4.C11H15BrN2O2S.C6H4BrClO2S.C5H12N2.CH2Cl2.CH2O3.Na/c1-16(2)17(3,4)24-18(23-16)14-6-8-15(9-7-14)25(21,22)20-12-10-19(5)11-13-20;1-9(2)10(3,4)16-13(15-9)14-17-11(5,6)12(7,8)18-14;1-13-6-8-14(9-7-13)17(15,16)11-4-2-10(12)3-5-11;7-5-1-3-6(4-2-5)11(8,9)10;1-7-4-2-6-3-5-7;2-1-3;2-1-4-3;/h6-9H,10-13H2,1-5H3;1-8H3;2-5H,6-9H2,1H3;1-4H;6H,2-5H2,1H3;1H2;1,3H;/q;;;;;;;+1/p-1. The van der Waals surface area contributed by atoms with E-state index in [9.17, 15) is 25.3 Å². The van der Waals surface area contributed by atoms with Gasteiger partial charge in [-0.3, -0.25) is 4.79 Å². The Labute approximate surface area is 567 Å². The van der Waals surface area contributed by atoms with Gasteiger partial charge in [0.05, 0.1) is 53.6 Å². The largest absolute Gasteiger partial charge is 1.00 e. The Morgan fingerprint density at radius 1 is 0.512 bits per heavy atom. The Hall–Kier alpha value is -0.515. The first-order valence-corrected chi connectivity index (χ1v) is 35.2. The van der Waals surface area contributed by atoms with E-state index >= 15 is 0 Å². The SMILES string of the molecule is CC1(C)OB(B2OC(C)(C)C(C)(C)O2)OC1(C)C.CN1CCN(S(=O)(=O)c2ccc(B3OC(C)(C)C(C)(C)O3)cc2)CC1.CN1CCN(S(=O)(=O)c2ccc(Br)cc2)CC1.CN1CCNCC1.ClCCl.O=CO[O-].O=S(=O)(Cl)c1ccc(Br)cc1.[Na+]. The fourth-order valence-corrected chi connectivity index (χ4v) is 12.3. The van der Waals surface area contributed by atoms with Crippen molar-refractivity contribution in [1.29, 1.82) is 0 Å². The Kier molecular flexibility index (Phi) is 33.3. The number of carbonyl (C=O) groups excluding carboxylic acids is 1. The third kappa shape index (κ3) is 24.1. The summed E-state index contributed by atoms with van der Waals surface area (Å²) in [5.74, 6) is 0. The van der Waals surface area contributed by atoms with Crippen LogP contribution in [-0.4, -0.2) is 215 Å². The Balaban J connectivity index is 0.000000371.